The van der Waals surface area contributed by atoms with Crippen LogP contribution in [0, 0.1) is 11.3 Å². The second-order valence-electron chi connectivity index (χ2n) is 4.96. The number of nitrogens with one attached hydrogen (secondary N) is 1. The van der Waals surface area contributed by atoms with Crippen LogP contribution in [-0.4, -0.2) is 18.2 Å². The van der Waals surface area contributed by atoms with Crippen LogP contribution in [0.25, 0.3) is 0 Å². The van der Waals surface area contributed by atoms with E-state index in [9.17, 15) is 4.79 Å². The Morgan fingerprint density at radius 3 is 2.83 bits per heavy atom. The summed E-state index contributed by atoms with van der Waals surface area (Å²) in [6, 6.07) is 4.18. The van der Waals surface area contributed by atoms with Crippen LogP contribution in [0.15, 0.2) is 16.8 Å². The maximum atomic E-state index is 11.4. The van der Waals surface area contributed by atoms with Gasteiger partial charge in [0.15, 0.2) is 0 Å². The highest BCUT2D eigenvalue weighted by molar-refractivity contribution is 7.08. The predicted octanol–water partition coefficient (Wildman–Crippen LogP) is 3.27. The summed E-state index contributed by atoms with van der Waals surface area (Å²) in [5.41, 5.74) is 0.514. The second-order valence-corrected chi connectivity index (χ2v) is 5.74. The molecule has 0 aliphatic carbocycles. The summed E-state index contributed by atoms with van der Waals surface area (Å²) in [6.07, 6.45) is 0.149. The first-order valence-electron chi connectivity index (χ1n) is 5.81. The Balaban J connectivity index is 2.33. The summed E-state index contributed by atoms with van der Waals surface area (Å²) in [5, 5.41) is 15.6. The number of nitriles is 1. The first-order chi connectivity index (χ1) is 8.42. The molecule has 1 rings (SSSR count). The van der Waals surface area contributed by atoms with Gasteiger partial charge in [0.05, 0.1) is 12.0 Å². The van der Waals surface area contributed by atoms with Gasteiger partial charge in [-0.05, 0) is 49.6 Å². The minimum absolute atomic E-state index is 0.175. The maximum absolute atomic E-state index is 11.4. The summed E-state index contributed by atoms with van der Waals surface area (Å²) >= 11 is 1.57. The predicted molar refractivity (Wildman–Crippen MR) is 71.5 cm³/mol. The zero-order valence-electron chi connectivity index (χ0n) is 10.9. The zero-order valence-corrected chi connectivity index (χ0v) is 11.7. The van der Waals surface area contributed by atoms with Gasteiger partial charge in [-0.25, -0.2) is 4.79 Å². The Bertz CT molecular complexity index is 415. The van der Waals surface area contributed by atoms with Crippen LogP contribution in [0.4, 0.5) is 4.79 Å². The molecule has 0 bridgehead atoms. The third-order valence-electron chi connectivity index (χ3n) is 2.20. The summed E-state index contributed by atoms with van der Waals surface area (Å²) in [7, 11) is 0. The molecule has 1 aromatic rings. The monoisotopic (exact) mass is 266 g/mol. The van der Waals surface area contributed by atoms with Crippen LogP contribution in [0.2, 0.25) is 0 Å². The fourth-order valence-corrected chi connectivity index (χ4v) is 2.13. The minimum atomic E-state index is -0.494. The highest BCUT2D eigenvalue weighted by atomic mass is 32.1. The molecule has 4 nitrogen and oxygen atoms in total. The van der Waals surface area contributed by atoms with Crippen LogP contribution in [0.3, 0.4) is 0 Å². The molecule has 0 aliphatic rings. The zero-order chi connectivity index (χ0) is 13.6. The normalized spacial score (nSPS) is 12.6. The van der Waals surface area contributed by atoms with E-state index in [1.54, 1.807) is 11.3 Å². The van der Waals surface area contributed by atoms with E-state index in [2.05, 4.69) is 11.4 Å². The summed E-state index contributed by atoms with van der Waals surface area (Å²) < 4.78 is 5.11. The van der Waals surface area contributed by atoms with Crippen LogP contribution >= 0.6 is 11.3 Å². The maximum Gasteiger partial charge on any atom is 0.407 e. The highest BCUT2D eigenvalue weighted by Gasteiger charge is 2.16. The van der Waals surface area contributed by atoms with Crippen molar-refractivity contribution in [3.8, 4) is 6.07 Å². The summed E-state index contributed by atoms with van der Waals surface area (Å²) in [4.78, 5) is 11.4. The fourth-order valence-electron chi connectivity index (χ4n) is 1.41. The van der Waals surface area contributed by atoms with Gasteiger partial charge in [0.1, 0.15) is 5.60 Å². The van der Waals surface area contributed by atoms with Crippen LogP contribution in [-0.2, 0) is 4.74 Å². The van der Waals surface area contributed by atoms with Gasteiger partial charge in [0, 0.05) is 6.54 Å². The lowest BCUT2D eigenvalue weighted by atomic mass is 10.0. The summed E-state index contributed by atoms with van der Waals surface area (Å²) in [5.74, 6) is -0.175. The largest absolute Gasteiger partial charge is 0.444 e. The number of alkyl carbamates (subject to hydrolysis) is 1. The van der Waals surface area contributed by atoms with E-state index >= 15 is 0 Å². The van der Waals surface area contributed by atoms with Gasteiger partial charge in [-0.3, -0.25) is 0 Å². The van der Waals surface area contributed by atoms with E-state index in [0.29, 0.717) is 13.0 Å². The van der Waals surface area contributed by atoms with Gasteiger partial charge in [-0.2, -0.15) is 16.6 Å². The van der Waals surface area contributed by atoms with Crippen molar-refractivity contribution in [2.75, 3.05) is 6.54 Å². The molecule has 1 heterocycles. The minimum Gasteiger partial charge on any atom is -0.444 e. The van der Waals surface area contributed by atoms with Gasteiger partial charge in [-0.1, -0.05) is 0 Å². The van der Waals surface area contributed by atoms with E-state index in [4.69, 9.17) is 10.00 Å². The van der Waals surface area contributed by atoms with Crippen LogP contribution in [0.1, 0.15) is 38.7 Å². The van der Waals surface area contributed by atoms with Gasteiger partial charge in [0.2, 0.25) is 0 Å². The molecule has 1 unspecified atom stereocenters. The number of nitrogens with zero attached hydrogens (tertiary/aromatic N) is 1. The third kappa shape index (κ3) is 5.19. The Morgan fingerprint density at radius 2 is 2.33 bits per heavy atom. The molecule has 1 N–H and O–H groups in total. The number of rotatable bonds is 4. The van der Waals surface area contributed by atoms with E-state index in [1.807, 2.05) is 37.6 Å². The van der Waals surface area contributed by atoms with E-state index < -0.39 is 11.7 Å². The highest BCUT2D eigenvalue weighted by Crippen LogP contribution is 2.20. The molecule has 0 radical (unpaired) electrons. The SMILES string of the molecule is CC(C)(C)OC(=O)NCCC(C#N)c1ccsc1. The van der Waals surface area contributed by atoms with Crippen molar-refractivity contribution in [1.29, 1.82) is 5.26 Å². The second kappa shape index (κ2) is 6.41. The van der Waals surface area contributed by atoms with Crippen molar-refractivity contribution < 1.29 is 9.53 Å². The van der Waals surface area contributed by atoms with Crippen molar-refractivity contribution in [2.24, 2.45) is 0 Å². The molecule has 18 heavy (non-hydrogen) atoms. The van der Waals surface area contributed by atoms with Crippen molar-refractivity contribution in [1.82, 2.24) is 5.32 Å². The molecular weight excluding hydrogens is 248 g/mol. The molecule has 1 aromatic heterocycles. The topological polar surface area (TPSA) is 62.1 Å². The average Bonchev–Trinajstić information content (AvgIpc) is 2.75. The fraction of sp³-hybridized carbons (Fsp3) is 0.538. The van der Waals surface area contributed by atoms with Gasteiger partial charge in [-0.15, -0.1) is 0 Å². The number of ether oxygens (including phenoxy) is 1. The molecular formula is C13H18N2O2S. The Labute approximate surface area is 112 Å². The number of carbonyl (C=O) groups is 1. The molecule has 0 saturated carbocycles. The molecule has 0 aromatic carbocycles. The molecule has 0 spiro atoms. The Kier molecular flexibility index (Phi) is 5.17. The van der Waals surface area contributed by atoms with Crippen molar-refractivity contribution >= 4 is 17.4 Å². The lowest BCUT2D eigenvalue weighted by molar-refractivity contribution is 0.0527. The Hall–Kier alpha value is -1.54. The van der Waals surface area contributed by atoms with E-state index in [0.717, 1.165) is 5.56 Å². The molecule has 0 aliphatic heterocycles. The molecule has 1 amide bonds. The number of hydrogen-bond donors (Lipinski definition) is 1. The summed E-state index contributed by atoms with van der Waals surface area (Å²) in [6.45, 7) is 5.88. The van der Waals surface area contributed by atoms with Crippen LogP contribution < -0.4 is 5.32 Å². The van der Waals surface area contributed by atoms with Gasteiger partial charge >= 0.3 is 6.09 Å². The lowest BCUT2D eigenvalue weighted by Gasteiger charge is -2.19. The lowest BCUT2D eigenvalue weighted by Crippen LogP contribution is -2.33. The number of amides is 1. The first-order valence-corrected chi connectivity index (χ1v) is 6.75. The molecule has 0 fully saturated rings. The number of hydrogen-bond acceptors (Lipinski definition) is 4. The van der Waals surface area contributed by atoms with Crippen molar-refractivity contribution in [3.63, 3.8) is 0 Å². The van der Waals surface area contributed by atoms with E-state index in [-0.39, 0.29) is 5.92 Å². The third-order valence-corrected chi connectivity index (χ3v) is 2.90. The Morgan fingerprint density at radius 1 is 1.61 bits per heavy atom. The van der Waals surface area contributed by atoms with Crippen molar-refractivity contribution in [2.45, 2.75) is 38.7 Å². The van der Waals surface area contributed by atoms with Gasteiger partial charge < -0.3 is 10.1 Å². The molecule has 98 valence electrons. The van der Waals surface area contributed by atoms with Crippen LogP contribution in [0.5, 0.6) is 0 Å². The van der Waals surface area contributed by atoms with Gasteiger partial charge in [0.25, 0.3) is 0 Å². The van der Waals surface area contributed by atoms with E-state index in [1.165, 1.54) is 0 Å². The average molecular weight is 266 g/mol. The quantitative estimate of drug-likeness (QED) is 0.909. The molecule has 1 atom stereocenters. The number of carbonyl (C=O) groups excluding carboxylic acids is 1. The van der Waals surface area contributed by atoms with Crippen molar-refractivity contribution in [3.05, 3.63) is 22.4 Å². The standard InChI is InChI=1S/C13H18N2O2S/c1-13(2,3)17-12(16)15-6-4-10(8-14)11-5-7-18-9-11/h5,7,9-10H,4,6H2,1-3H3,(H,15,16). The smallest absolute Gasteiger partial charge is 0.407 e. The molecule has 0 saturated heterocycles. The molecule has 5 heteroatoms. The number of thiophene rings is 1. The first kappa shape index (κ1) is 14.5.